The Hall–Kier alpha value is -0.830. The summed E-state index contributed by atoms with van der Waals surface area (Å²) in [4.78, 5) is 24.3. The third kappa shape index (κ3) is 13.5. The minimum atomic E-state index is -1.38. The highest BCUT2D eigenvalue weighted by atomic mass is 31.2. The molecule has 1 atom stereocenters. The standard InChI is InChI=1S/C20H42N3O6P/c1-16(2)23(17(3)4)30(28-5)29-18(14-21-19(26)10-6-8-12-24)15-22-20(27)11-7-9-13-25/h16-18,24-25H,6-15H2,1-5H3,(H,21,26)(H,22,27)/i24D,25D. The first-order valence-electron chi connectivity index (χ1n) is 11.6. The summed E-state index contributed by atoms with van der Waals surface area (Å²) in [6, 6.07) is 0.397. The summed E-state index contributed by atoms with van der Waals surface area (Å²) in [7, 11) is 0.220. The molecule has 30 heavy (non-hydrogen) atoms. The van der Waals surface area contributed by atoms with Crippen LogP contribution in [0.2, 0.25) is 0 Å². The summed E-state index contributed by atoms with van der Waals surface area (Å²) < 4.78 is 27.3. The molecule has 0 fully saturated rings. The van der Waals surface area contributed by atoms with E-state index in [-0.39, 0.29) is 37.0 Å². The first kappa shape index (κ1) is 25.4. The van der Waals surface area contributed by atoms with Crippen LogP contribution in [0, 0.1) is 0 Å². The average Bonchev–Trinajstić information content (AvgIpc) is 2.74. The SMILES string of the molecule is [2H]OCCCCC(=O)NCC(CNC(=O)CCCCO[2H])OP(OC)N(C(C)C)C(C)C. The van der Waals surface area contributed by atoms with E-state index in [1.807, 2.05) is 0 Å². The molecule has 4 N–H and O–H groups in total. The Kier molecular flexibility index (Phi) is 15.1. The number of nitrogens with one attached hydrogen (secondary N) is 2. The molecule has 0 aliphatic heterocycles. The third-order valence-corrected chi connectivity index (χ3v) is 6.38. The van der Waals surface area contributed by atoms with E-state index in [2.05, 4.69) is 53.2 Å². The van der Waals surface area contributed by atoms with Crippen LogP contribution < -0.4 is 10.6 Å². The van der Waals surface area contributed by atoms with E-state index in [0.29, 0.717) is 51.7 Å². The summed E-state index contributed by atoms with van der Waals surface area (Å²) in [5.74, 6) is -0.228. The van der Waals surface area contributed by atoms with Gasteiger partial charge in [-0.2, -0.15) is 0 Å². The topological polar surface area (TPSA) is 120 Å². The highest BCUT2D eigenvalue weighted by Gasteiger charge is 2.29. The molecular formula is C20H42N3O6P. The van der Waals surface area contributed by atoms with E-state index < -0.39 is 14.6 Å². The summed E-state index contributed by atoms with van der Waals surface area (Å²) >= 11 is 0. The van der Waals surface area contributed by atoms with Gasteiger partial charge in [0.05, 0.1) is 0 Å². The van der Waals surface area contributed by atoms with Gasteiger partial charge in [0.2, 0.25) is 14.7 Å². The number of carbonyl (C=O) groups excluding carboxylic acids is 2. The molecule has 0 aliphatic carbocycles. The second-order valence-electron chi connectivity index (χ2n) is 7.65. The largest absolute Gasteiger partial charge is 0.396 e. The van der Waals surface area contributed by atoms with Crippen molar-refractivity contribution in [1.29, 1.82) is 2.86 Å². The Morgan fingerprint density at radius 2 is 1.40 bits per heavy atom. The number of hydrogen-bond acceptors (Lipinski definition) is 7. The number of unbranched alkanes of at least 4 members (excludes halogenated alkanes) is 2. The lowest BCUT2D eigenvalue weighted by Crippen LogP contribution is -2.42. The van der Waals surface area contributed by atoms with Crippen LogP contribution in [-0.2, 0) is 18.6 Å². The Balaban J connectivity index is 4.88. The van der Waals surface area contributed by atoms with Gasteiger partial charge < -0.3 is 29.9 Å². The molecule has 0 saturated carbocycles. The molecule has 178 valence electrons. The van der Waals surface area contributed by atoms with Crippen molar-refractivity contribution in [1.82, 2.24) is 15.3 Å². The smallest absolute Gasteiger partial charge is 0.259 e. The number of nitrogens with zero attached hydrogens (tertiary/aromatic N) is 1. The monoisotopic (exact) mass is 453 g/mol. The van der Waals surface area contributed by atoms with Crippen molar-refractivity contribution in [3.8, 4) is 0 Å². The Bertz CT molecular complexity index is 470. The predicted molar refractivity (Wildman–Crippen MR) is 119 cm³/mol. The van der Waals surface area contributed by atoms with Gasteiger partial charge in [0.15, 0.2) is 0 Å². The molecular weight excluding hydrogens is 409 g/mol. The van der Waals surface area contributed by atoms with Crippen LogP contribution in [0.15, 0.2) is 0 Å². The molecule has 0 heterocycles. The molecule has 10 heteroatoms. The molecule has 9 nitrogen and oxygen atoms in total. The van der Waals surface area contributed by atoms with E-state index in [9.17, 15) is 9.59 Å². The van der Waals surface area contributed by atoms with Gasteiger partial charge in [-0.1, -0.05) is 0 Å². The molecule has 0 aliphatic rings. The molecule has 0 radical (unpaired) electrons. The Morgan fingerprint density at radius 3 is 1.77 bits per heavy atom. The van der Waals surface area contributed by atoms with Crippen LogP contribution in [0.4, 0.5) is 0 Å². The number of aliphatic hydroxyl groups excluding tert-OH is 2. The summed E-state index contributed by atoms with van der Waals surface area (Å²) in [5, 5.41) is 14.3. The van der Waals surface area contributed by atoms with Crippen molar-refractivity contribution in [3.63, 3.8) is 0 Å². The number of amides is 2. The van der Waals surface area contributed by atoms with Crippen molar-refractivity contribution in [3.05, 3.63) is 0 Å². The lowest BCUT2D eigenvalue weighted by molar-refractivity contribution is -0.121. The number of aliphatic hydroxyl groups is 2. The number of rotatable bonds is 20. The zero-order valence-electron chi connectivity index (χ0n) is 21.1. The van der Waals surface area contributed by atoms with Crippen molar-refractivity contribution in [2.75, 3.05) is 33.4 Å². The zero-order chi connectivity index (χ0) is 24.4. The van der Waals surface area contributed by atoms with Gasteiger partial charge in [-0.05, 0) is 53.4 Å². The highest BCUT2D eigenvalue weighted by Crippen LogP contribution is 2.46. The summed E-state index contributed by atoms with van der Waals surface area (Å²) in [6.45, 7) is 9.36. The van der Waals surface area contributed by atoms with Gasteiger partial charge in [-0.25, -0.2) is 4.67 Å². The zero-order valence-corrected chi connectivity index (χ0v) is 20.0. The van der Waals surface area contributed by atoms with Gasteiger partial charge in [0.25, 0.3) is 8.53 Å². The van der Waals surface area contributed by atoms with Crippen LogP contribution in [0.5, 0.6) is 0 Å². The van der Waals surface area contributed by atoms with E-state index >= 15 is 0 Å². The molecule has 0 aromatic heterocycles. The van der Waals surface area contributed by atoms with Gasteiger partial charge in [0, 0.05) is 58.3 Å². The fourth-order valence-electron chi connectivity index (χ4n) is 2.85. The minimum Gasteiger partial charge on any atom is -0.396 e. The van der Waals surface area contributed by atoms with Crippen LogP contribution in [0.1, 0.15) is 66.2 Å². The fraction of sp³-hybridized carbons (Fsp3) is 0.900. The van der Waals surface area contributed by atoms with Gasteiger partial charge in [-0.15, -0.1) is 0 Å². The molecule has 1 unspecified atom stereocenters. The average molecular weight is 454 g/mol. The third-order valence-electron chi connectivity index (χ3n) is 4.29. The number of hydrogen-bond donors (Lipinski definition) is 4. The van der Waals surface area contributed by atoms with Crippen LogP contribution in [-0.4, -0.2) is 81.2 Å². The van der Waals surface area contributed by atoms with Crippen molar-refractivity contribution < 1.29 is 28.9 Å². The van der Waals surface area contributed by atoms with Gasteiger partial charge >= 0.3 is 0 Å². The summed E-state index contributed by atoms with van der Waals surface area (Å²) in [6.07, 6.45) is 2.77. The fourth-order valence-corrected chi connectivity index (χ4v) is 4.39. The van der Waals surface area contributed by atoms with Crippen LogP contribution in [0.25, 0.3) is 0 Å². The first-order chi connectivity index (χ1) is 15.3. The second kappa shape index (κ2) is 17.8. The lowest BCUT2D eigenvalue weighted by atomic mass is 10.2. The molecule has 0 rings (SSSR count). The second-order valence-corrected chi connectivity index (χ2v) is 9.16. The molecule has 0 aromatic carbocycles. The quantitative estimate of drug-likeness (QED) is 0.164. The molecule has 2 amide bonds. The molecule has 0 aromatic rings. The van der Waals surface area contributed by atoms with E-state index in [4.69, 9.17) is 11.9 Å². The molecule has 0 spiro atoms. The van der Waals surface area contributed by atoms with Crippen molar-refractivity contribution in [2.24, 2.45) is 0 Å². The molecule has 0 bridgehead atoms. The van der Waals surface area contributed by atoms with E-state index in [0.717, 1.165) is 0 Å². The predicted octanol–water partition coefficient (Wildman–Crippen LogP) is 1.92. The minimum absolute atomic E-state index is 0.114. The first-order valence-corrected chi connectivity index (χ1v) is 11.9. The van der Waals surface area contributed by atoms with Gasteiger partial charge in [0.1, 0.15) is 6.10 Å². The Morgan fingerprint density at radius 1 is 0.933 bits per heavy atom. The van der Waals surface area contributed by atoms with Crippen LogP contribution >= 0.6 is 8.53 Å². The highest BCUT2D eigenvalue weighted by molar-refractivity contribution is 7.44. The normalized spacial score (nSPS) is 13.6. The Labute approximate surface area is 185 Å². The maximum absolute atomic E-state index is 12.2. The maximum Gasteiger partial charge on any atom is 0.259 e. The van der Waals surface area contributed by atoms with E-state index in [1.54, 1.807) is 7.11 Å². The molecule has 0 saturated heterocycles. The lowest BCUT2D eigenvalue weighted by Gasteiger charge is -2.36. The summed E-state index contributed by atoms with van der Waals surface area (Å²) in [5.41, 5.74) is 0. The van der Waals surface area contributed by atoms with Gasteiger partial charge in [-0.3, -0.25) is 9.59 Å². The number of carbonyl (C=O) groups is 2. The maximum atomic E-state index is 12.2. The van der Waals surface area contributed by atoms with Crippen molar-refractivity contribution >= 4 is 20.3 Å². The van der Waals surface area contributed by atoms with E-state index in [1.165, 1.54) is 0 Å². The van der Waals surface area contributed by atoms with Crippen LogP contribution in [0.3, 0.4) is 0 Å². The van der Waals surface area contributed by atoms with Crippen molar-refractivity contribution in [2.45, 2.75) is 84.4 Å².